The first kappa shape index (κ1) is 23.8. The normalized spacial score (nSPS) is 12.3. The van der Waals surface area contributed by atoms with Gasteiger partial charge in [-0.3, -0.25) is 5.14 Å². The average molecular weight is 451 g/mol. The average Bonchev–Trinajstić information content (AvgIpc) is 3.43. The van der Waals surface area contributed by atoms with Crippen LogP contribution in [0.3, 0.4) is 0 Å². The fourth-order valence-corrected chi connectivity index (χ4v) is 3.96. The number of aromatic nitrogens is 2. The van der Waals surface area contributed by atoms with Gasteiger partial charge in [-0.15, -0.1) is 0 Å². The Morgan fingerprint density at radius 2 is 2.00 bits per heavy atom. The Morgan fingerprint density at radius 1 is 1.19 bits per heavy atom. The molecule has 2 N–H and O–H groups in total. The minimum atomic E-state index is 0.00290. The zero-order valence-electron chi connectivity index (χ0n) is 19.1. The maximum Gasteiger partial charge on any atom is 0.258 e. The molecule has 0 unspecified atom stereocenters. The monoisotopic (exact) mass is 450 g/mol. The summed E-state index contributed by atoms with van der Waals surface area (Å²) < 4.78 is 11.1. The molecule has 7 heteroatoms. The lowest BCUT2D eigenvalue weighted by atomic mass is 10.0. The summed E-state index contributed by atoms with van der Waals surface area (Å²) >= 11 is 1.41. The Kier molecular flexibility index (Phi) is 8.32. The highest BCUT2D eigenvalue weighted by Gasteiger charge is 2.20. The van der Waals surface area contributed by atoms with Crippen molar-refractivity contribution in [3.05, 3.63) is 53.1 Å². The highest BCUT2D eigenvalue weighted by Crippen LogP contribution is 2.32. The number of benzene rings is 2. The standard InChI is InChI=1S/C21H19N3O2.C4H11NS/c1-13(2)25-19-10-9-15(11-16(19)12-22)21-23-20(24-26-21)18-8-4-6-14-5-3-7-17(14)18;1-4(2)3-6-5/h4,6,8-11,13H,3,5,7H2,1-2H3;4H,3,5H2,1-2H3. The molecule has 1 heterocycles. The van der Waals surface area contributed by atoms with E-state index in [-0.39, 0.29) is 6.10 Å². The molecule has 0 atom stereocenters. The Bertz CT molecular complexity index is 1090. The molecule has 1 aliphatic rings. The maximum atomic E-state index is 9.40. The third kappa shape index (κ3) is 5.90. The van der Waals surface area contributed by atoms with Crippen LogP contribution in [-0.2, 0) is 12.8 Å². The highest BCUT2D eigenvalue weighted by molar-refractivity contribution is 7.97. The molecule has 0 saturated carbocycles. The molecule has 4 rings (SSSR count). The first-order chi connectivity index (χ1) is 15.4. The van der Waals surface area contributed by atoms with Gasteiger partial charge in [0.15, 0.2) is 0 Å². The summed E-state index contributed by atoms with van der Waals surface area (Å²) in [5.74, 6) is 3.37. The lowest BCUT2D eigenvalue weighted by Gasteiger charge is -2.11. The first-order valence-electron chi connectivity index (χ1n) is 10.9. The van der Waals surface area contributed by atoms with E-state index < -0.39 is 0 Å². The van der Waals surface area contributed by atoms with Crippen LogP contribution >= 0.6 is 11.9 Å². The number of hydrogen-bond donors (Lipinski definition) is 1. The minimum absolute atomic E-state index is 0.00290. The van der Waals surface area contributed by atoms with E-state index in [0.717, 1.165) is 30.1 Å². The van der Waals surface area contributed by atoms with Crippen LogP contribution in [0, 0.1) is 17.2 Å². The van der Waals surface area contributed by atoms with E-state index in [4.69, 9.17) is 14.4 Å². The summed E-state index contributed by atoms with van der Waals surface area (Å²) in [7, 11) is 0. The number of hydrogen-bond acceptors (Lipinski definition) is 7. The largest absolute Gasteiger partial charge is 0.490 e. The molecule has 1 aliphatic carbocycles. The van der Waals surface area contributed by atoms with Crippen LogP contribution in [0.15, 0.2) is 40.9 Å². The van der Waals surface area contributed by atoms with Gasteiger partial charge in [-0.05, 0) is 68.4 Å². The molecule has 6 nitrogen and oxygen atoms in total. The molecular weight excluding hydrogens is 420 g/mol. The smallest absolute Gasteiger partial charge is 0.258 e. The molecule has 0 bridgehead atoms. The maximum absolute atomic E-state index is 9.40. The summed E-state index contributed by atoms with van der Waals surface area (Å²) in [4.78, 5) is 4.57. The zero-order valence-corrected chi connectivity index (χ0v) is 19.9. The van der Waals surface area contributed by atoms with Crippen molar-refractivity contribution in [2.75, 3.05) is 5.75 Å². The molecule has 2 aromatic carbocycles. The Hall–Kier alpha value is -2.82. The molecule has 0 spiro atoms. The fourth-order valence-electron chi connectivity index (χ4n) is 3.58. The van der Waals surface area contributed by atoms with Gasteiger partial charge in [0.05, 0.1) is 11.7 Å². The summed E-state index contributed by atoms with van der Waals surface area (Å²) in [5, 5.41) is 18.7. The molecule has 168 valence electrons. The second-order valence-electron chi connectivity index (χ2n) is 8.44. The van der Waals surface area contributed by atoms with Crippen molar-refractivity contribution >= 4 is 11.9 Å². The van der Waals surface area contributed by atoms with Gasteiger partial charge in [0.25, 0.3) is 5.89 Å². The number of nitriles is 1. The predicted octanol–water partition coefficient (Wildman–Crippen LogP) is 5.80. The van der Waals surface area contributed by atoms with Crippen molar-refractivity contribution < 1.29 is 9.26 Å². The second-order valence-corrected chi connectivity index (χ2v) is 9.10. The minimum Gasteiger partial charge on any atom is -0.490 e. The third-order valence-electron chi connectivity index (χ3n) is 4.95. The topological polar surface area (TPSA) is 98.0 Å². The van der Waals surface area contributed by atoms with Crippen molar-refractivity contribution in [2.45, 2.75) is 53.1 Å². The highest BCUT2D eigenvalue weighted by atomic mass is 32.2. The molecule has 0 radical (unpaired) electrons. The Balaban J connectivity index is 0.000000427. The van der Waals surface area contributed by atoms with E-state index in [1.54, 1.807) is 12.1 Å². The quantitative estimate of drug-likeness (QED) is 0.474. The van der Waals surface area contributed by atoms with Crippen molar-refractivity contribution in [3.63, 3.8) is 0 Å². The summed E-state index contributed by atoms with van der Waals surface area (Å²) in [5.41, 5.74) is 4.89. The van der Waals surface area contributed by atoms with Crippen molar-refractivity contribution in [1.82, 2.24) is 10.1 Å². The molecule has 0 fully saturated rings. The lowest BCUT2D eigenvalue weighted by molar-refractivity contribution is 0.241. The van der Waals surface area contributed by atoms with Crippen LogP contribution in [-0.4, -0.2) is 22.0 Å². The third-order valence-corrected chi connectivity index (χ3v) is 5.81. The van der Waals surface area contributed by atoms with E-state index in [1.807, 2.05) is 32.0 Å². The number of aryl methyl sites for hydroxylation is 1. The van der Waals surface area contributed by atoms with E-state index in [1.165, 1.54) is 29.5 Å². The van der Waals surface area contributed by atoms with Gasteiger partial charge in [-0.1, -0.05) is 49.2 Å². The number of ether oxygens (including phenoxy) is 1. The summed E-state index contributed by atoms with van der Waals surface area (Å²) in [6.07, 6.45) is 3.33. The van der Waals surface area contributed by atoms with Crippen molar-refractivity contribution in [3.8, 4) is 34.7 Å². The van der Waals surface area contributed by atoms with Crippen LogP contribution in [0.25, 0.3) is 22.8 Å². The van der Waals surface area contributed by atoms with Crippen molar-refractivity contribution in [1.29, 1.82) is 5.26 Å². The molecule has 1 aromatic heterocycles. The van der Waals surface area contributed by atoms with Crippen LogP contribution in [0.4, 0.5) is 0 Å². The molecular formula is C25H30N4O2S. The number of nitrogens with zero attached hydrogens (tertiary/aromatic N) is 3. The van der Waals surface area contributed by atoms with Gasteiger partial charge < -0.3 is 9.26 Å². The van der Waals surface area contributed by atoms with Gasteiger partial charge in [-0.2, -0.15) is 10.2 Å². The summed E-state index contributed by atoms with van der Waals surface area (Å²) in [6.45, 7) is 8.16. The molecule has 32 heavy (non-hydrogen) atoms. The number of fused-ring (bicyclic) bond motifs is 1. The first-order valence-corrected chi connectivity index (χ1v) is 12.0. The van der Waals surface area contributed by atoms with Crippen molar-refractivity contribution in [2.24, 2.45) is 11.1 Å². The van der Waals surface area contributed by atoms with Crippen LogP contribution in [0.5, 0.6) is 5.75 Å². The van der Waals surface area contributed by atoms with Gasteiger partial charge in [0, 0.05) is 16.9 Å². The SMILES string of the molecule is CC(C)CSN.CC(C)Oc1ccc(-c2nc(-c3cccc4c3CCC4)no2)cc1C#N. The number of nitrogens with two attached hydrogens (primary N) is 1. The van der Waals surface area contributed by atoms with Gasteiger partial charge in [0.2, 0.25) is 5.82 Å². The molecule has 0 amide bonds. The van der Waals surface area contributed by atoms with E-state index >= 15 is 0 Å². The number of rotatable bonds is 6. The fraction of sp³-hybridized carbons (Fsp3) is 0.400. The van der Waals surface area contributed by atoms with Gasteiger partial charge in [0.1, 0.15) is 11.8 Å². The molecule has 3 aromatic rings. The predicted molar refractivity (Wildman–Crippen MR) is 129 cm³/mol. The Morgan fingerprint density at radius 3 is 2.66 bits per heavy atom. The zero-order chi connectivity index (χ0) is 23.1. The van der Waals surface area contributed by atoms with Crippen LogP contribution < -0.4 is 9.88 Å². The van der Waals surface area contributed by atoms with E-state index in [2.05, 4.69) is 36.1 Å². The molecule has 0 saturated heterocycles. The second kappa shape index (κ2) is 11.2. The van der Waals surface area contributed by atoms with Gasteiger partial charge in [-0.25, -0.2) is 0 Å². The van der Waals surface area contributed by atoms with E-state index in [9.17, 15) is 5.26 Å². The summed E-state index contributed by atoms with van der Waals surface area (Å²) in [6, 6.07) is 13.8. The van der Waals surface area contributed by atoms with Crippen LogP contribution in [0.1, 0.15) is 50.8 Å². The van der Waals surface area contributed by atoms with E-state index in [0.29, 0.717) is 28.6 Å². The van der Waals surface area contributed by atoms with Crippen LogP contribution in [0.2, 0.25) is 0 Å². The molecule has 0 aliphatic heterocycles. The lowest BCUT2D eigenvalue weighted by Crippen LogP contribution is -2.06. The Labute approximate surface area is 194 Å². The van der Waals surface area contributed by atoms with Gasteiger partial charge >= 0.3 is 0 Å².